The van der Waals surface area contributed by atoms with Crippen molar-refractivity contribution < 1.29 is 22.0 Å². The van der Waals surface area contributed by atoms with E-state index in [0.717, 1.165) is 17.7 Å². The van der Waals surface area contributed by atoms with E-state index in [1.165, 1.54) is 28.6 Å². The minimum Gasteiger partial charge on any atom is -0.341 e. The number of sulfonamides is 1. The van der Waals surface area contributed by atoms with E-state index in [1.807, 2.05) is 0 Å². The third kappa shape index (κ3) is 3.79. The van der Waals surface area contributed by atoms with Crippen molar-refractivity contribution in [2.75, 3.05) is 26.2 Å². The summed E-state index contributed by atoms with van der Waals surface area (Å²) in [5, 5.41) is 0. The Balaban J connectivity index is 1.48. The Morgan fingerprint density at radius 3 is 2.00 bits per heavy atom. The largest absolute Gasteiger partial charge is 0.341 e. The zero-order chi connectivity index (χ0) is 20.6. The van der Waals surface area contributed by atoms with Crippen LogP contribution in [-0.2, 0) is 20.2 Å². The monoisotopic (exact) mass is 420 g/mol. The number of hydrogen-bond acceptors (Lipinski definition) is 3. The normalized spacial score (nSPS) is 19.6. The van der Waals surface area contributed by atoms with E-state index < -0.39 is 21.3 Å². The van der Waals surface area contributed by atoms with Crippen LogP contribution in [0.3, 0.4) is 0 Å². The minimum atomic E-state index is -3.74. The summed E-state index contributed by atoms with van der Waals surface area (Å²) in [6, 6.07) is 10.8. The number of halogens is 2. The first kappa shape index (κ1) is 20.0. The number of amides is 1. The molecule has 29 heavy (non-hydrogen) atoms. The molecule has 0 aromatic heterocycles. The predicted molar refractivity (Wildman–Crippen MR) is 104 cm³/mol. The summed E-state index contributed by atoms with van der Waals surface area (Å²) in [5.74, 6) is -0.856. The second kappa shape index (κ2) is 7.50. The van der Waals surface area contributed by atoms with Crippen LogP contribution in [0.1, 0.15) is 24.8 Å². The van der Waals surface area contributed by atoms with Gasteiger partial charge < -0.3 is 4.90 Å². The molecule has 5 nitrogen and oxygen atoms in total. The Labute approximate surface area is 169 Å². The highest BCUT2D eigenvalue weighted by Gasteiger charge is 2.53. The van der Waals surface area contributed by atoms with Gasteiger partial charge in [-0.15, -0.1) is 0 Å². The number of rotatable bonds is 4. The van der Waals surface area contributed by atoms with Gasteiger partial charge in [-0.1, -0.05) is 12.1 Å². The van der Waals surface area contributed by atoms with Crippen LogP contribution in [0.5, 0.6) is 0 Å². The van der Waals surface area contributed by atoms with Crippen LogP contribution in [0.15, 0.2) is 53.4 Å². The summed E-state index contributed by atoms with van der Waals surface area (Å²) in [7, 11) is -3.74. The summed E-state index contributed by atoms with van der Waals surface area (Å²) in [4.78, 5) is 15.0. The van der Waals surface area contributed by atoms with Crippen LogP contribution in [0, 0.1) is 11.6 Å². The van der Waals surface area contributed by atoms with Crippen molar-refractivity contribution in [3.63, 3.8) is 0 Å². The van der Waals surface area contributed by atoms with Crippen LogP contribution in [0.2, 0.25) is 0 Å². The lowest BCUT2D eigenvalue weighted by atomic mass is 9.94. The summed E-state index contributed by atoms with van der Waals surface area (Å²) in [6.45, 7) is 1.25. The number of benzene rings is 2. The van der Waals surface area contributed by atoms with Crippen LogP contribution >= 0.6 is 0 Å². The van der Waals surface area contributed by atoms with Gasteiger partial charge in [-0.3, -0.25) is 4.79 Å². The Hall–Kier alpha value is -2.32. The zero-order valence-corrected chi connectivity index (χ0v) is 16.7. The average Bonchev–Trinajstić information content (AvgIpc) is 3.53. The maximum Gasteiger partial charge on any atom is 0.243 e. The van der Waals surface area contributed by atoms with Gasteiger partial charge in [-0.25, -0.2) is 17.2 Å². The molecule has 2 aromatic rings. The Kier molecular flexibility index (Phi) is 5.16. The van der Waals surface area contributed by atoms with Gasteiger partial charge in [0.2, 0.25) is 15.9 Å². The average molecular weight is 420 g/mol. The summed E-state index contributed by atoms with van der Waals surface area (Å²) in [5.41, 5.74) is 0.197. The van der Waals surface area contributed by atoms with Crippen LogP contribution in [0.25, 0.3) is 0 Å². The lowest BCUT2D eigenvalue weighted by Crippen LogP contribution is -2.42. The molecule has 0 radical (unpaired) electrons. The minimum absolute atomic E-state index is 0.0230. The molecule has 1 saturated heterocycles. The predicted octanol–water partition coefficient (Wildman–Crippen LogP) is 2.92. The lowest BCUT2D eigenvalue weighted by molar-refractivity contribution is -0.133. The van der Waals surface area contributed by atoms with Crippen molar-refractivity contribution in [1.29, 1.82) is 0 Å². The molecule has 154 valence electrons. The first-order valence-corrected chi connectivity index (χ1v) is 11.1. The Morgan fingerprint density at radius 2 is 1.41 bits per heavy atom. The second-order valence-electron chi connectivity index (χ2n) is 7.59. The van der Waals surface area contributed by atoms with Gasteiger partial charge in [0.25, 0.3) is 0 Å². The molecule has 1 saturated carbocycles. The molecule has 0 bridgehead atoms. The van der Waals surface area contributed by atoms with Crippen LogP contribution in [-0.4, -0.2) is 49.7 Å². The van der Waals surface area contributed by atoms with Gasteiger partial charge in [0.15, 0.2) is 0 Å². The van der Waals surface area contributed by atoms with Gasteiger partial charge in [0.1, 0.15) is 11.6 Å². The SMILES string of the molecule is O=C(N1CCCN(S(=O)(=O)c2ccc(F)cc2)CC1)C1(c2ccc(F)cc2)CC1. The van der Waals surface area contributed by atoms with E-state index in [4.69, 9.17) is 0 Å². The van der Waals surface area contributed by atoms with E-state index in [0.29, 0.717) is 38.9 Å². The van der Waals surface area contributed by atoms with Crippen LogP contribution in [0.4, 0.5) is 8.78 Å². The maximum atomic E-state index is 13.2. The lowest BCUT2D eigenvalue weighted by Gasteiger charge is -2.26. The number of carbonyl (C=O) groups excluding carboxylic acids is 1. The molecule has 1 aliphatic carbocycles. The zero-order valence-electron chi connectivity index (χ0n) is 15.9. The van der Waals surface area contributed by atoms with E-state index in [-0.39, 0.29) is 23.2 Å². The smallest absolute Gasteiger partial charge is 0.243 e. The summed E-state index contributed by atoms with van der Waals surface area (Å²) >= 11 is 0. The highest BCUT2D eigenvalue weighted by Crippen LogP contribution is 2.49. The first-order chi connectivity index (χ1) is 13.8. The molecule has 0 spiro atoms. The van der Waals surface area contributed by atoms with E-state index >= 15 is 0 Å². The first-order valence-electron chi connectivity index (χ1n) is 9.64. The highest BCUT2D eigenvalue weighted by molar-refractivity contribution is 7.89. The van der Waals surface area contributed by atoms with Crippen molar-refractivity contribution in [2.45, 2.75) is 29.6 Å². The topological polar surface area (TPSA) is 57.7 Å². The van der Waals surface area contributed by atoms with Crippen molar-refractivity contribution in [3.05, 3.63) is 65.7 Å². The van der Waals surface area contributed by atoms with Gasteiger partial charge in [0, 0.05) is 26.2 Å². The van der Waals surface area contributed by atoms with Gasteiger partial charge in [0.05, 0.1) is 10.3 Å². The van der Waals surface area contributed by atoms with Crippen molar-refractivity contribution in [3.8, 4) is 0 Å². The maximum absolute atomic E-state index is 13.2. The van der Waals surface area contributed by atoms with E-state index in [1.54, 1.807) is 17.0 Å². The Morgan fingerprint density at radius 1 is 0.828 bits per heavy atom. The van der Waals surface area contributed by atoms with Crippen molar-refractivity contribution in [1.82, 2.24) is 9.21 Å². The molecule has 4 rings (SSSR count). The third-order valence-corrected chi connectivity index (χ3v) is 7.66. The fourth-order valence-corrected chi connectivity index (χ4v) is 5.39. The summed E-state index contributed by atoms with van der Waals surface area (Å²) < 4.78 is 53.4. The molecule has 0 atom stereocenters. The van der Waals surface area contributed by atoms with Gasteiger partial charge >= 0.3 is 0 Å². The van der Waals surface area contributed by atoms with Crippen molar-refractivity contribution in [2.24, 2.45) is 0 Å². The molecule has 1 amide bonds. The molecule has 2 aromatic carbocycles. The Bertz CT molecular complexity index is 1000. The van der Waals surface area contributed by atoms with Crippen molar-refractivity contribution >= 4 is 15.9 Å². The van der Waals surface area contributed by atoms with Gasteiger partial charge in [-0.2, -0.15) is 4.31 Å². The molecular weight excluding hydrogens is 398 g/mol. The molecule has 8 heteroatoms. The molecule has 0 N–H and O–H groups in total. The molecule has 1 heterocycles. The van der Waals surface area contributed by atoms with E-state index in [2.05, 4.69) is 0 Å². The van der Waals surface area contributed by atoms with E-state index in [9.17, 15) is 22.0 Å². The standard InChI is InChI=1S/C21H22F2N2O3S/c22-17-4-2-16(3-5-17)21(10-11-21)20(26)24-12-1-13-25(15-14-24)29(27,28)19-8-6-18(23)7-9-19/h2-9H,1,10-15H2. The molecule has 2 fully saturated rings. The quantitative estimate of drug-likeness (QED) is 0.764. The molecule has 0 unspecified atom stereocenters. The third-order valence-electron chi connectivity index (χ3n) is 5.75. The fraction of sp³-hybridized carbons (Fsp3) is 0.381. The van der Waals surface area contributed by atoms with Gasteiger partial charge in [-0.05, 0) is 61.2 Å². The number of nitrogens with zero attached hydrogens (tertiary/aromatic N) is 2. The highest BCUT2D eigenvalue weighted by atomic mass is 32.2. The fourth-order valence-electron chi connectivity index (χ4n) is 3.92. The summed E-state index contributed by atoms with van der Waals surface area (Å²) in [6.07, 6.45) is 1.95. The van der Waals surface area contributed by atoms with Crippen LogP contribution < -0.4 is 0 Å². The number of hydrogen-bond donors (Lipinski definition) is 0. The molecule has 2 aliphatic rings. The molecular formula is C21H22F2N2O3S. The second-order valence-corrected chi connectivity index (χ2v) is 9.53. The number of carbonyl (C=O) groups is 1. The molecule has 1 aliphatic heterocycles.